The van der Waals surface area contributed by atoms with Crippen LogP contribution in [-0.2, 0) is 0 Å². The van der Waals surface area contributed by atoms with Gasteiger partial charge in [-0.15, -0.1) is 0 Å². The molecule has 1 radical (unpaired) electrons. The Labute approximate surface area is 48.3 Å². The van der Waals surface area contributed by atoms with Crippen molar-refractivity contribution in [3.63, 3.8) is 0 Å². The average Bonchev–Trinajstić information content (AvgIpc) is 2.49. The van der Waals surface area contributed by atoms with E-state index in [4.69, 9.17) is 0 Å². The van der Waals surface area contributed by atoms with Crippen LogP contribution in [-0.4, -0.2) is 12.4 Å². The zero-order valence-electron chi connectivity index (χ0n) is 4.54. The summed E-state index contributed by atoms with van der Waals surface area (Å²) in [4.78, 5) is 8.13. The smallest absolute Gasteiger partial charge is 0.197 e. The van der Waals surface area contributed by atoms with Gasteiger partial charge in [0, 0.05) is 18.3 Å². The standard InChI is InChI=1S/C6H7N2/c1-2-5(1)6-7-3-4-8-6/h3-5H,1-2H2. The zero-order chi connectivity index (χ0) is 5.40. The van der Waals surface area contributed by atoms with E-state index >= 15 is 0 Å². The first kappa shape index (κ1) is 4.24. The molecule has 8 heavy (non-hydrogen) atoms. The molecule has 1 saturated carbocycles. The van der Waals surface area contributed by atoms with Gasteiger partial charge in [0.05, 0.1) is 0 Å². The Balaban J connectivity index is 2.06. The van der Waals surface area contributed by atoms with Gasteiger partial charge in [0.2, 0.25) is 0 Å². The van der Waals surface area contributed by atoms with Gasteiger partial charge in [-0.05, 0) is 12.8 Å². The minimum Gasteiger partial charge on any atom is -0.257 e. The Hall–Kier alpha value is -0.660. The summed E-state index contributed by atoms with van der Waals surface area (Å²) in [6, 6.07) is 0. The maximum absolute atomic E-state index is 4.07. The molecule has 0 spiro atoms. The Morgan fingerprint density at radius 1 is 1.25 bits per heavy atom. The van der Waals surface area contributed by atoms with Crippen molar-refractivity contribution in [2.24, 2.45) is 15.9 Å². The molecular weight excluding hydrogens is 100 g/mol. The molecule has 41 valence electrons. The fourth-order valence-corrected chi connectivity index (χ4v) is 0.805. The molecule has 0 unspecified atom stereocenters. The molecule has 0 atom stereocenters. The van der Waals surface area contributed by atoms with Crippen LogP contribution in [0.15, 0.2) is 9.98 Å². The molecule has 2 heteroatoms. The second kappa shape index (κ2) is 1.41. The van der Waals surface area contributed by atoms with Crippen molar-refractivity contribution >= 4 is 12.4 Å². The third-order valence-corrected chi connectivity index (χ3v) is 1.42. The lowest BCUT2D eigenvalue weighted by Crippen LogP contribution is -1.85. The second-order valence-corrected chi connectivity index (χ2v) is 2.19. The average molecular weight is 107 g/mol. The summed E-state index contributed by atoms with van der Waals surface area (Å²) in [5, 5.41) is 0. The van der Waals surface area contributed by atoms with Crippen LogP contribution in [0.5, 0.6) is 0 Å². The fraction of sp³-hybridized carbons (Fsp3) is 0.500. The van der Waals surface area contributed by atoms with Crippen LogP contribution in [0.4, 0.5) is 0 Å². The second-order valence-electron chi connectivity index (χ2n) is 2.19. The molecule has 0 amide bonds. The summed E-state index contributed by atoms with van der Waals surface area (Å²) in [6.45, 7) is 0. The van der Waals surface area contributed by atoms with Gasteiger partial charge in [-0.3, -0.25) is 9.98 Å². The Morgan fingerprint density at radius 3 is 2.38 bits per heavy atom. The van der Waals surface area contributed by atoms with Crippen LogP contribution in [0.1, 0.15) is 12.8 Å². The third-order valence-electron chi connectivity index (χ3n) is 1.42. The first-order valence-electron chi connectivity index (χ1n) is 2.90. The third kappa shape index (κ3) is 0.565. The molecule has 1 fully saturated rings. The Kier molecular flexibility index (Phi) is 0.745. The molecule has 2 aliphatic rings. The summed E-state index contributed by atoms with van der Waals surface area (Å²) in [5.41, 5.74) is 0. The van der Waals surface area contributed by atoms with E-state index in [2.05, 4.69) is 9.98 Å². The minimum absolute atomic E-state index is 0.713. The molecule has 0 aromatic heterocycles. The highest BCUT2D eigenvalue weighted by atomic mass is 15.0. The molecule has 0 aromatic carbocycles. The molecule has 0 bridgehead atoms. The number of nitrogens with zero attached hydrogens (tertiary/aromatic N) is 2. The first-order valence-corrected chi connectivity index (χ1v) is 2.90. The summed E-state index contributed by atoms with van der Waals surface area (Å²) < 4.78 is 0. The van der Waals surface area contributed by atoms with E-state index in [0.29, 0.717) is 5.92 Å². The molecule has 1 aliphatic heterocycles. The lowest BCUT2D eigenvalue weighted by Gasteiger charge is -1.93. The first-order chi connectivity index (χ1) is 3.97. The quantitative estimate of drug-likeness (QED) is 0.478. The number of aliphatic imine (C=N–C) groups is 2. The highest BCUT2D eigenvalue weighted by Gasteiger charge is 2.32. The molecule has 1 heterocycles. The normalized spacial score (nSPS) is 27.5. The molecule has 2 nitrogen and oxygen atoms in total. The van der Waals surface area contributed by atoms with E-state index in [1.807, 2.05) is 0 Å². The summed E-state index contributed by atoms with van der Waals surface area (Å²) in [6.07, 6.45) is 7.15. The molecule has 1 aliphatic carbocycles. The number of rotatable bonds is 1. The van der Waals surface area contributed by atoms with Crippen LogP contribution in [0.25, 0.3) is 0 Å². The summed E-state index contributed by atoms with van der Waals surface area (Å²) >= 11 is 0. The maximum Gasteiger partial charge on any atom is 0.197 e. The van der Waals surface area contributed by atoms with Crippen molar-refractivity contribution < 1.29 is 0 Å². The zero-order valence-corrected chi connectivity index (χ0v) is 4.54. The minimum atomic E-state index is 0.713. The van der Waals surface area contributed by atoms with E-state index < -0.39 is 0 Å². The maximum atomic E-state index is 4.07. The fourth-order valence-electron chi connectivity index (χ4n) is 0.805. The van der Waals surface area contributed by atoms with Crippen LogP contribution >= 0.6 is 0 Å². The van der Waals surface area contributed by atoms with Gasteiger partial charge in [0.15, 0.2) is 6.17 Å². The van der Waals surface area contributed by atoms with Crippen LogP contribution in [0.3, 0.4) is 0 Å². The van der Waals surface area contributed by atoms with E-state index in [9.17, 15) is 0 Å². The number of hydrogen-bond acceptors (Lipinski definition) is 2. The van der Waals surface area contributed by atoms with Crippen molar-refractivity contribution in [3.8, 4) is 0 Å². The van der Waals surface area contributed by atoms with Crippen LogP contribution < -0.4 is 0 Å². The van der Waals surface area contributed by atoms with Gasteiger partial charge in [-0.25, -0.2) is 0 Å². The Bertz CT molecular complexity index is 133. The van der Waals surface area contributed by atoms with E-state index in [0.717, 1.165) is 6.17 Å². The van der Waals surface area contributed by atoms with E-state index in [1.54, 1.807) is 12.4 Å². The van der Waals surface area contributed by atoms with Gasteiger partial charge < -0.3 is 0 Å². The van der Waals surface area contributed by atoms with E-state index in [-0.39, 0.29) is 0 Å². The Morgan fingerprint density at radius 2 is 1.88 bits per heavy atom. The predicted octanol–water partition coefficient (Wildman–Crippen LogP) is 1.04. The van der Waals surface area contributed by atoms with Crippen molar-refractivity contribution in [2.45, 2.75) is 12.8 Å². The van der Waals surface area contributed by atoms with Gasteiger partial charge >= 0.3 is 0 Å². The van der Waals surface area contributed by atoms with Gasteiger partial charge in [-0.2, -0.15) is 0 Å². The molecule has 0 aromatic rings. The van der Waals surface area contributed by atoms with Crippen LogP contribution in [0, 0.1) is 12.1 Å². The van der Waals surface area contributed by atoms with Crippen LogP contribution in [0.2, 0.25) is 0 Å². The molecule has 0 N–H and O–H groups in total. The van der Waals surface area contributed by atoms with Crippen molar-refractivity contribution in [3.05, 3.63) is 6.17 Å². The molecule has 0 saturated heterocycles. The molecular formula is C6H7N2. The SMILES string of the molecule is C1=N[C](C2CC2)N=C1. The lowest BCUT2D eigenvalue weighted by molar-refractivity contribution is 0.806. The number of hydrogen-bond donors (Lipinski definition) is 0. The van der Waals surface area contributed by atoms with E-state index in [1.165, 1.54) is 12.8 Å². The monoisotopic (exact) mass is 107 g/mol. The van der Waals surface area contributed by atoms with Gasteiger partial charge in [0.25, 0.3) is 0 Å². The van der Waals surface area contributed by atoms with Gasteiger partial charge in [-0.1, -0.05) is 0 Å². The summed E-state index contributed by atoms with van der Waals surface area (Å²) in [7, 11) is 0. The summed E-state index contributed by atoms with van der Waals surface area (Å²) in [5.74, 6) is 0.713. The molecule has 2 rings (SSSR count). The largest absolute Gasteiger partial charge is 0.257 e. The van der Waals surface area contributed by atoms with Crippen molar-refractivity contribution in [2.75, 3.05) is 0 Å². The lowest BCUT2D eigenvalue weighted by atomic mass is 10.3. The van der Waals surface area contributed by atoms with Crippen molar-refractivity contribution in [1.29, 1.82) is 0 Å². The van der Waals surface area contributed by atoms with Gasteiger partial charge in [0.1, 0.15) is 0 Å². The highest BCUT2D eigenvalue weighted by Crippen LogP contribution is 2.40. The van der Waals surface area contributed by atoms with Crippen molar-refractivity contribution in [1.82, 2.24) is 0 Å². The topological polar surface area (TPSA) is 24.7 Å². The predicted molar refractivity (Wildman–Crippen MR) is 33.0 cm³/mol. The highest BCUT2D eigenvalue weighted by molar-refractivity contribution is 6.18.